The Hall–Kier alpha value is -0.460. The highest BCUT2D eigenvalue weighted by Crippen LogP contribution is 2.72. The van der Waals surface area contributed by atoms with Crippen LogP contribution < -0.4 is 0 Å². The van der Waals surface area contributed by atoms with Crippen LogP contribution in [-0.4, -0.2) is 47.2 Å². The van der Waals surface area contributed by atoms with Gasteiger partial charge in [-0.25, -0.2) is 0 Å². The van der Waals surface area contributed by atoms with Crippen LogP contribution in [0, 0.1) is 28.6 Å². The Morgan fingerprint density at radius 3 is 2.81 bits per heavy atom. The third-order valence-electron chi connectivity index (χ3n) is 9.24. The number of aliphatic hydroxyl groups is 2. The molecule has 6 rings (SSSR count). The minimum Gasteiger partial charge on any atom is -0.393 e. The first-order chi connectivity index (χ1) is 12.3. The van der Waals surface area contributed by atoms with Crippen LogP contribution in [0.25, 0.3) is 0 Å². The molecule has 6 aliphatic rings. The molecule has 3 heterocycles. The summed E-state index contributed by atoms with van der Waals surface area (Å²) in [7, 11) is 0. The summed E-state index contributed by atoms with van der Waals surface area (Å²) in [6, 6.07) is 0. The van der Waals surface area contributed by atoms with Crippen LogP contribution in [0.2, 0.25) is 0 Å². The van der Waals surface area contributed by atoms with E-state index in [0.29, 0.717) is 19.1 Å². The van der Waals surface area contributed by atoms with E-state index in [1.807, 2.05) is 6.92 Å². The molecule has 0 amide bonds. The van der Waals surface area contributed by atoms with E-state index in [4.69, 9.17) is 14.2 Å². The van der Waals surface area contributed by atoms with Crippen molar-refractivity contribution in [3.8, 4) is 0 Å². The zero-order valence-corrected chi connectivity index (χ0v) is 15.7. The number of allylic oxidation sites excluding steroid dienone is 1. The maximum atomic E-state index is 12.0. The van der Waals surface area contributed by atoms with Gasteiger partial charge in [0.05, 0.1) is 36.8 Å². The van der Waals surface area contributed by atoms with Gasteiger partial charge in [-0.1, -0.05) is 18.6 Å². The lowest BCUT2D eigenvalue weighted by atomic mass is 9.47. The molecule has 26 heavy (non-hydrogen) atoms. The van der Waals surface area contributed by atoms with Gasteiger partial charge in [0.25, 0.3) is 0 Å². The molecule has 3 aliphatic heterocycles. The van der Waals surface area contributed by atoms with Gasteiger partial charge in [-0.15, -0.1) is 0 Å². The van der Waals surface area contributed by atoms with E-state index >= 15 is 0 Å². The van der Waals surface area contributed by atoms with E-state index in [1.54, 1.807) is 0 Å². The number of ether oxygens (including phenoxy) is 3. The van der Waals surface area contributed by atoms with Crippen LogP contribution in [0.1, 0.15) is 52.4 Å². The normalized spacial score (nSPS) is 62.9. The molecule has 2 saturated carbocycles. The molecule has 9 atom stereocenters. The molecule has 144 valence electrons. The molecule has 0 aromatic carbocycles. The second-order valence-electron chi connectivity index (χ2n) is 10.1. The molecule has 5 fully saturated rings. The van der Waals surface area contributed by atoms with Crippen molar-refractivity contribution in [2.24, 2.45) is 28.6 Å². The van der Waals surface area contributed by atoms with Crippen molar-refractivity contribution in [2.75, 3.05) is 13.2 Å². The predicted octanol–water partition coefficient (Wildman–Crippen LogP) is 2.36. The molecular formula is C21H30O5. The lowest BCUT2D eigenvalue weighted by Crippen LogP contribution is -2.62. The summed E-state index contributed by atoms with van der Waals surface area (Å²) >= 11 is 0. The van der Waals surface area contributed by atoms with Gasteiger partial charge in [-0.05, 0) is 56.8 Å². The monoisotopic (exact) mass is 362 g/mol. The minimum absolute atomic E-state index is 0.0578. The van der Waals surface area contributed by atoms with Crippen LogP contribution in [0.5, 0.6) is 0 Å². The highest BCUT2D eigenvalue weighted by Gasteiger charge is 2.80. The van der Waals surface area contributed by atoms with E-state index < -0.39 is 11.6 Å². The fraction of sp³-hybridized carbons (Fsp3) is 0.905. The van der Waals surface area contributed by atoms with Gasteiger partial charge in [0.1, 0.15) is 0 Å². The Morgan fingerprint density at radius 2 is 1.96 bits per heavy atom. The third kappa shape index (κ3) is 1.63. The second-order valence-corrected chi connectivity index (χ2v) is 10.1. The molecule has 0 bridgehead atoms. The van der Waals surface area contributed by atoms with Gasteiger partial charge in [0, 0.05) is 5.92 Å². The van der Waals surface area contributed by atoms with Crippen LogP contribution in [-0.2, 0) is 14.2 Å². The second kappa shape index (κ2) is 4.74. The molecule has 0 radical (unpaired) electrons. The summed E-state index contributed by atoms with van der Waals surface area (Å²) in [5, 5.41) is 22.2. The molecule has 1 spiro atoms. The van der Waals surface area contributed by atoms with E-state index in [-0.39, 0.29) is 34.9 Å². The van der Waals surface area contributed by atoms with Crippen molar-refractivity contribution in [1.82, 2.24) is 0 Å². The number of fused-ring (bicyclic) bond motifs is 4. The number of hydrogen-bond acceptors (Lipinski definition) is 5. The van der Waals surface area contributed by atoms with Gasteiger partial charge < -0.3 is 24.4 Å². The molecule has 5 nitrogen and oxygen atoms in total. The Bertz CT molecular complexity index is 692. The van der Waals surface area contributed by atoms with E-state index in [9.17, 15) is 10.2 Å². The largest absolute Gasteiger partial charge is 0.393 e. The van der Waals surface area contributed by atoms with Gasteiger partial charge in [-0.3, -0.25) is 0 Å². The molecule has 2 N–H and O–H groups in total. The first-order valence-corrected chi connectivity index (χ1v) is 10.4. The van der Waals surface area contributed by atoms with Crippen LogP contribution in [0.4, 0.5) is 0 Å². The van der Waals surface area contributed by atoms with Crippen molar-refractivity contribution in [1.29, 1.82) is 0 Å². The summed E-state index contributed by atoms with van der Waals surface area (Å²) in [5.74, 6) is -1.06. The van der Waals surface area contributed by atoms with E-state index in [0.717, 1.165) is 38.5 Å². The number of rotatable bonds is 0. The highest BCUT2D eigenvalue weighted by atomic mass is 16.7. The number of hydrogen-bond donors (Lipinski definition) is 2. The minimum atomic E-state index is -1.12. The zero-order valence-electron chi connectivity index (χ0n) is 15.7. The highest BCUT2D eigenvalue weighted by molar-refractivity contribution is 5.28. The van der Waals surface area contributed by atoms with Crippen LogP contribution in [0.15, 0.2) is 11.6 Å². The Kier molecular flexibility index (Phi) is 3.01. The smallest absolute Gasteiger partial charge is 0.177 e. The van der Waals surface area contributed by atoms with Gasteiger partial charge in [-0.2, -0.15) is 0 Å². The maximum absolute atomic E-state index is 12.0. The van der Waals surface area contributed by atoms with E-state index in [1.165, 1.54) is 5.57 Å². The van der Waals surface area contributed by atoms with Crippen molar-refractivity contribution >= 4 is 0 Å². The van der Waals surface area contributed by atoms with Crippen LogP contribution in [0.3, 0.4) is 0 Å². The van der Waals surface area contributed by atoms with Crippen LogP contribution >= 0.6 is 0 Å². The SMILES string of the molecule is CC12OCC3OC4(O)C5CC=C6CC(O)CCC6(C)C5CCC4(CO1)C32. The van der Waals surface area contributed by atoms with E-state index in [2.05, 4.69) is 13.0 Å². The molecule has 0 aromatic heterocycles. The lowest BCUT2D eigenvalue weighted by molar-refractivity contribution is -0.308. The summed E-state index contributed by atoms with van der Waals surface area (Å²) in [5.41, 5.74) is 1.16. The standard InChI is InChI=1S/C21H30O5/c1-18-7-5-13(22)9-12(18)3-4-15-14(18)6-8-20-11-25-19(2)17(20)16(10-24-19)26-21(15,20)23/h3,13-17,22-23H,4-11H2,1-2H3. The summed E-state index contributed by atoms with van der Waals surface area (Å²) in [6.45, 7) is 5.44. The average molecular weight is 362 g/mol. The third-order valence-corrected chi connectivity index (χ3v) is 9.24. The van der Waals surface area contributed by atoms with Gasteiger partial charge >= 0.3 is 0 Å². The molecule has 3 aliphatic carbocycles. The fourth-order valence-corrected chi connectivity index (χ4v) is 7.96. The first kappa shape index (κ1) is 16.5. The Labute approximate surface area is 154 Å². The quantitative estimate of drug-likeness (QED) is 0.648. The summed E-state index contributed by atoms with van der Waals surface area (Å²) in [4.78, 5) is 0. The number of aliphatic hydroxyl groups excluding tert-OH is 1. The molecule has 9 unspecified atom stereocenters. The van der Waals surface area contributed by atoms with Gasteiger partial charge in [0.2, 0.25) is 0 Å². The average Bonchev–Trinajstić information content (AvgIpc) is 3.18. The topological polar surface area (TPSA) is 68.2 Å². The lowest BCUT2D eigenvalue weighted by Gasteiger charge is -2.59. The van der Waals surface area contributed by atoms with Crippen molar-refractivity contribution in [3.05, 3.63) is 11.6 Å². The van der Waals surface area contributed by atoms with Gasteiger partial charge in [0.15, 0.2) is 11.6 Å². The van der Waals surface area contributed by atoms with Crippen molar-refractivity contribution in [3.63, 3.8) is 0 Å². The predicted molar refractivity (Wildman–Crippen MR) is 92.9 cm³/mol. The molecular weight excluding hydrogens is 332 g/mol. The van der Waals surface area contributed by atoms with Crippen molar-refractivity contribution < 1.29 is 24.4 Å². The molecule has 5 heteroatoms. The molecule has 3 saturated heterocycles. The summed E-state index contributed by atoms with van der Waals surface area (Å²) < 4.78 is 18.5. The zero-order chi connectivity index (χ0) is 17.9. The maximum Gasteiger partial charge on any atom is 0.177 e. The summed E-state index contributed by atoms with van der Waals surface area (Å²) in [6.07, 6.45) is 7.60. The fourth-order valence-electron chi connectivity index (χ4n) is 7.96. The Morgan fingerprint density at radius 1 is 1.12 bits per heavy atom. The Balaban J connectivity index is 1.43. The first-order valence-electron chi connectivity index (χ1n) is 10.4. The van der Waals surface area contributed by atoms with Crippen molar-refractivity contribution in [2.45, 2.75) is 76.2 Å². The molecule has 0 aromatic rings.